The number of piperidine rings is 1. The van der Waals surface area contributed by atoms with Gasteiger partial charge >= 0.3 is 0 Å². The molecule has 2 fully saturated rings. The van der Waals surface area contributed by atoms with E-state index in [1.165, 1.54) is 4.90 Å². The number of nitrogens with zero attached hydrogens (tertiary/aromatic N) is 4. The lowest BCUT2D eigenvalue weighted by atomic mass is 9.85. The number of aromatic nitrogens is 2. The van der Waals surface area contributed by atoms with Gasteiger partial charge in [0.05, 0.1) is 6.07 Å². The molecule has 3 amide bonds. The number of alkyl halides is 1. The third kappa shape index (κ3) is 5.49. The number of carbonyl (C=O) groups is 3. The number of fused-ring (bicyclic) bond motifs is 2. The van der Waals surface area contributed by atoms with E-state index in [2.05, 4.69) is 39.9 Å². The molecule has 2 N–H and O–H groups in total. The van der Waals surface area contributed by atoms with E-state index in [9.17, 15) is 24.0 Å². The number of amides is 3. The summed E-state index contributed by atoms with van der Waals surface area (Å²) < 4.78 is 15.1. The van der Waals surface area contributed by atoms with Gasteiger partial charge < -0.3 is 19.9 Å². The van der Waals surface area contributed by atoms with Crippen LogP contribution in [0.4, 0.5) is 4.39 Å². The molecule has 2 aliphatic rings. The first kappa shape index (κ1) is 28.5. The summed E-state index contributed by atoms with van der Waals surface area (Å²) >= 11 is 0. The van der Waals surface area contributed by atoms with Gasteiger partial charge in [-0.25, -0.2) is 9.37 Å². The second kappa shape index (κ2) is 10.6. The van der Waals surface area contributed by atoms with E-state index >= 15 is 0 Å². The molecule has 210 valence electrons. The maximum Gasteiger partial charge on any atom is 0.252 e. The number of rotatable bonds is 9. The molecule has 10 heteroatoms. The Labute approximate surface area is 229 Å². The fourth-order valence-corrected chi connectivity index (χ4v) is 6.19. The van der Waals surface area contributed by atoms with Crippen LogP contribution in [0.25, 0.3) is 5.65 Å². The van der Waals surface area contributed by atoms with Gasteiger partial charge in [0.15, 0.2) is 6.67 Å². The molecule has 1 saturated heterocycles. The molecule has 0 spiro atoms. The van der Waals surface area contributed by atoms with Gasteiger partial charge in [-0.15, -0.1) is 0 Å². The van der Waals surface area contributed by atoms with E-state index in [0.717, 1.165) is 17.0 Å². The van der Waals surface area contributed by atoms with Crippen LogP contribution in [0.15, 0.2) is 24.4 Å². The maximum absolute atomic E-state index is 13.7. The molecule has 0 bridgehead atoms. The molecule has 2 unspecified atom stereocenters. The van der Waals surface area contributed by atoms with Crippen molar-refractivity contribution in [3.8, 4) is 6.07 Å². The van der Waals surface area contributed by atoms with Crippen LogP contribution in [0.3, 0.4) is 0 Å². The van der Waals surface area contributed by atoms with Gasteiger partial charge in [0.1, 0.15) is 23.8 Å². The van der Waals surface area contributed by atoms with Crippen LogP contribution in [0.1, 0.15) is 58.8 Å². The summed E-state index contributed by atoms with van der Waals surface area (Å²) in [4.78, 5) is 45.1. The molecule has 2 aromatic heterocycles. The van der Waals surface area contributed by atoms with Gasteiger partial charge in [-0.1, -0.05) is 40.7 Å². The second-order valence-corrected chi connectivity index (χ2v) is 12.6. The molecule has 0 aromatic carbocycles. The largest absolute Gasteiger partial charge is 0.342 e. The first-order valence-corrected chi connectivity index (χ1v) is 13.6. The lowest BCUT2D eigenvalue weighted by molar-refractivity contribution is -0.145. The van der Waals surface area contributed by atoms with Crippen LogP contribution in [-0.2, 0) is 20.8 Å². The van der Waals surface area contributed by atoms with E-state index < -0.39 is 42.0 Å². The van der Waals surface area contributed by atoms with Gasteiger partial charge in [0.25, 0.3) is 5.91 Å². The Morgan fingerprint density at radius 1 is 1.26 bits per heavy atom. The van der Waals surface area contributed by atoms with Crippen molar-refractivity contribution in [3.63, 3.8) is 0 Å². The van der Waals surface area contributed by atoms with Gasteiger partial charge in [0.2, 0.25) is 11.8 Å². The first-order valence-electron chi connectivity index (χ1n) is 13.6. The Hall–Kier alpha value is -3.48. The van der Waals surface area contributed by atoms with Crippen LogP contribution in [0, 0.1) is 40.9 Å². The van der Waals surface area contributed by atoms with Crippen LogP contribution in [0.5, 0.6) is 0 Å². The number of nitriles is 1. The topological polar surface area (TPSA) is 120 Å². The van der Waals surface area contributed by atoms with Crippen molar-refractivity contribution < 1.29 is 18.8 Å². The van der Waals surface area contributed by atoms with Crippen LogP contribution < -0.4 is 10.6 Å². The summed E-state index contributed by atoms with van der Waals surface area (Å²) in [7, 11) is 0. The zero-order valence-corrected chi connectivity index (χ0v) is 23.6. The standard InChI is InChI=1S/C29H39FN6O3/c1-17-9-7-12-21-32-15-19(36(17)21)11-8-10-18(14-31)33-26(38)24-23-20(29(23,5)6)16-35(24)27(39)25(28(2,3)4)34-22(37)13-30/h7,9,12,15,18,20,23-25H,8,10-11,13,16H2,1-6H3,(H,33,38)(H,34,37)/t18?,20-,23?,24-,25+/m0/s1. The lowest BCUT2D eigenvalue weighted by Crippen LogP contribution is -2.60. The van der Waals surface area contributed by atoms with Crippen molar-refractivity contribution in [2.75, 3.05) is 13.2 Å². The Morgan fingerprint density at radius 3 is 2.62 bits per heavy atom. The highest BCUT2D eigenvalue weighted by Gasteiger charge is 2.69. The number of aryl methyl sites for hydroxylation is 2. The number of pyridine rings is 1. The average molecular weight is 539 g/mol. The molecule has 39 heavy (non-hydrogen) atoms. The van der Waals surface area contributed by atoms with E-state index in [1.807, 2.05) is 31.3 Å². The van der Waals surface area contributed by atoms with Gasteiger partial charge in [-0.05, 0) is 61.0 Å². The summed E-state index contributed by atoms with van der Waals surface area (Å²) in [5, 5.41) is 15.2. The Kier molecular flexibility index (Phi) is 7.75. The molecule has 5 atom stereocenters. The quantitative estimate of drug-likeness (QED) is 0.509. The molecule has 1 saturated carbocycles. The van der Waals surface area contributed by atoms with Crippen molar-refractivity contribution in [2.45, 2.75) is 78.9 Å². The van der Waals surface area contributed by atoms with E-state index in [1.54, 1.807) is 20.8 Å². The lowest BCUT2D eigenvalue weighted by Gasteiger charge is -2.37. The van der Waals surface area contributed by atoms with E-state index in [4.69, 9.17) is 0 Å². The highest BCUT2D eigenvalue weighted by molar-refractivity contribution is 5.94. The third-order valence-electron chi connectivity index (χ3n) is 8.50. The smallest absolute Gasteiger partial charge is 0.252 e. The van der Waals surface area contributed by atoms with E-state index in [0.29, 0.717) is 25.8 Å². The molecule has 1 aliphatic carbocycles. The second-order valence-electron chi connectivity index (χ2n) is 12.6. The fourth-order valence-electron chi connectivity index (χ4n) is 6.19. The summed E-state index contributed by atoms with van der Waals surface area (Å²) in [5.74, 6) is -1.51. The minimum atomic E-state index is -1.22. The predicted molar refractivity (Wildman–Crippen MR) is 144 cm³/mol. The highest BCUT2D eigenvalue weighted by Crippen LogP contribution is 2.65. The van der Waals surface area contributed by atoms with Crippen molar-refractivity contribution in [1.29, 1.82) is 5.26 Å². The molecule has 0 radical (unpaired) electrons. The zero-order chi connectivity index (χ0) is 28.7. The molecule has 1 aliphatic heterocycles. The van der Waals surface area contributed by atoms with E-state index in [-0.39, 0.29) is 23.2 Å². The Bertz CT molecular complexity index is 1310. The highest BCUT2D eigenvalue weighted by atomic mass is 19.1. The Morgan fingerprint density at radius 2 is 1.97 bits per heavy atom. The maximum atomic E-state index is 13.7. The van der Waals surface area contributed by atoms with Crippen LogP contribution >= 0.6 is 0 Å². The monoisotopic (exact) mass is 538 g/mol. The zero-order valence-electron chi connectivity index (χ0n) is 23.6. The molecule has 2 aromatic rings. The molecule has 3 heterocycles. The van der Waals surface area contributed by atoms with Crippen molar-refractivity contribution >= 4 is 23.4 Å². The summed E-state index contributed by atoms with van der Waals surface area (Å²) in [6.45, 7) is 10.7. The first-order chi connectivity index (χ1) is 18.3. The van der Waals surface area contributed by atoms with Gasteiger partial charge in [-0.2, -0.15) is 5.26 Å². The number of likely N-dealkylation sites (tertiary alicyclic amines) is 1. The molecular weight excluding hydrogens is 499 g/mol. The predicted octanol–water partition coefficient (Wildman–Crippen LogP) is 2.96. The summed E-state index contributed by atoms with van der Waals surface area (Å²) in [5.41, 5.74) is 2.20. The Balaban J connectivity index is 1.45. The minimum Gasteiger partial charge on any atom is -0.342 e. The average Bonchev–Trinajstić information content (AvgIpc) is 3.24. The third-order valence-corrected chi connectivity index (χ3v) is 8.50. The SMILES string of the molecule is Cc1cccc2ncc(CCCC(C#N)NC(=O)[C@@H]3C4[C@H](CN3C(=O)[C@@H](NC(=O)CF)C(C)(C)C)C4(C)C)n12. The number of hydrogen-bond acceptors (Lipinski definition) is 5. The van der Waals surface area contributed by atoms with Crippen molar-refractivity contribution in [2.24, 2.45) is 22.7 Å². The van der Waals surface area contributed by atoms with Crippen LogP contribution in [-0.4, -0.2) is 63.4 Å². The normalized spacial score (nSPS) is 23.0. The molecule has 9 nitrogen and oxygen atoms in total. The fraction of sp³-hybridized carbons (Fsp3) is 0.621. The number of nitrogens with one attached hydrogen (secondary N) is 2. The summed E-state index contributed by atoms with van der Waals surface area (Å²) in [6, 6.07) is 5.70. The molecule has 4 rings (SSSR count). The number of halogens is 1. The molecular formula is C29H39FN6O3. The minimum absolute atomic E-state index is 0.0422. The number of imidazole rings is 1. The van der Waals surface area contributed by atoms with Gasteiger partial charge in [0, 0.05) is 24.1 Å². The van der Waals surface area contributed by atoms with Crippen molar-refractivity contribution in [1.82, 2.24) is 24.9 Å². The van der Waals surface area contributed by atoms with Gasteiger partial charge in [-0.3, -0.25) is 14.4 Å². The summed E-state index contributed by atoms with van der Waals surface area (Å²) in [6.07, 6.45) is 3.67. The number of hydrogen-bond donors (Lipinski definition) is 2. The number of carbonyl (C=O) groups excluding carboxylic acids is 3. The van der Waals surface area contributed by atoms with Crippen LogP contribution in [0.2, 0.25) is 0 Å². The van der Waals surface area contributed by atoms with Crippen molar-refractivity contribution in [3.05, 3.63) is 35.8 Å².